The average molecular weight is 379 g/mol. The van der Waals surface area contributed by atoms with Crippen molar-refractivity contribution in [3.8, 4) is 0 Å². The molecule has 28 heavy (non-hydrogen) atoms. The van der Waals surface area contributed by atoms with Crippen LogP contribution in [0.25, 0.3) is 10.8 Å². The third-order valence-corrected chi connectivity index (χ3v) is 7.14. The summed E-state index contributed by atoms with van der Waals surface area (Å²) < 4.78 is 5.98. The molecule has 0 bridgehead atoms. The van der Waals surface area contributed by atoms with Crippen LogP contribution in [0.2, 0.25) is 0 Å². The van der Waals surface area contributed by atoms with Gasteiger partial charge in [-0.2, -0.15) is 0 Å². The Kier molecular flexibility index (Phi) is 6.04. The quantitative estimate of drug-likeness (QED) is 0.352. The summed E-state index contributed by atoms with van der Waals surface area (Å²) in [5, 5.41) is 2.53. The van der Waals surface area contributed by atoms with Crippen LogP contribution in [0.5, 0.6) is 0 Å². The summed E-state index contributed by atoms with van der Waals surface area (Å²) in [6.45, 7) is 2.26. The summed E-state index contributed by atoms with van der Waals surface area (Å²) in [6.07, 6.45) is 13.1. The van der Waals surface area contributed by atoms with Crippen LogP contribution in [-0.4, -0.2) is 12.1 Å². The van der Waals surface area contributed by atoms with Crippen molar-refractivity contribution < 1.29 is 9.53 Å². The highest BCUT2D eigenvalue weighted by Gasteiger charge is 2.58. The first-order chi connectivity index (χ1) is 13.7. The van der Waals surface area contributed by atoms with E-state index in [2.05, 4.69) is 49.4 Å². The van der Waals surface area contributed by atoms with Crippen molar-refractivity contribution in [2.45, 2.75) is 83.7 Å². The van der Waals surface area contributed by atoms with E-state index in [1.807, 2.05) is 0 Å². The maximum absolute atomic E-state index is 13.0. The maximum Gasteiger partial charge on any atom is 0.313 e. The molecule has 2 fully saturated rings. The summed E-state index contributed by atoms with van der Waals surface area (Å²) in [6, 6.07) is 15.2. The minimum Gasteiger partial charge on any atom is -0.462 e. The van der Waals surface area contributed by atoms with Gasteiger partial charge in [0.15, 0.2) is 0 Å². The molecule has 4 rings (SSSR count). The molecule has 1 aliphatic carbocycles. The number of fused-ring (bicyclic) bond motifs is 2. The summed E-state index contributed by atoms with van der Waals surface area (Å²) in [5.74, 6) is 0.501. The Bertz CT molecular complexity index is 811. The minimum absolute atomic E-state index is 0.0825. The van der Waals surface area contributed by atoms with Crippen LogP contribution in [0.4, 0.5) is 0 Å². The van der Waals surface area contributed by atoms with Crippen LogP contribution in [0.3, 0.4) is 0 Å². The van der Waals surface area contributed by atoms with Gasteiger partial charge in [-0.05, 0) is 48.4 Å². The highest BCUT2D eigenvalue weighted by molar-refractivity contribution is 5.84. The first-order valence-corrected chi connectivity index (χ1v) is 11.4. The van der Waals surface area contributed by atoms with Crippen LogP contribution in [0.15, 0.2) is 42.5 Å². The SMILES string of the molecule is CCCCCCCC[C@H]1OC(=O)[C@]2(Cc3ccc4ccccc4c3)CCC[C@H]12. The summed E-state index contributed by atoms with van der Waals surface area (Å²) >= 11 is 0. The fourth-order valence-electron chi connectivity index (χ4n) is 5.62. The van der Waals surface area contributed by atoms with Gasteiger partial charge >= 0.3 is 5.97 Å². The van der Waals surface area contributed by atoms with Crippen LogP contribution >= 0.6 is 0 Å². The van der Waals surface area contributed by atoms with E-state index < -0.39 is 0 Å². The second-order valence-corrected chi connectivity index (χ2v) is 9.01. The van der Waals surface area contributed by atoms with Crippen molar-refractivity contribution >= 4 is 16.7 Å². The van der Waals surface area contributed by atoms with Crippen molar-refractivity contribution in [2.24, 2.45) is 11.3 Å². The van der Waals surface area contributed by atoms with Gasteiger partial charge in [0.25, 0.3) is 0 Å². The van der Waals surface area contributed by atoms with E-state index >= 15 is 0 Å². The Labute approximate surface area is 169 Å². The number of cyclic esters (lactones) is 1. The molecule has 2 aromatic carbocycles. The molecule has 2 aromatic rings. The Morgan fingerprint density at radius 3 is 2.64 bits per heavy atom. The molecule has 1 aliphatic heterocycles. The van der Waals surface area contributed by atoms with Gasteiger partial charge in [0.2, 0.25) is 0 Å². The largest absolute Gasteiger partial charge is 0.462 e. The molecule has 2 heteroatoms. The molecule has 150 valence electrons. The second kappa shape index (κ2) is 8.68. The standard InChI is InChI=1S/C26H34O2/c1-2-3-4-5-6-7-14-24-23-13-10-17-26(23,25(27)28-24)19-20-15-16-21-11-8-9-12-22(21)18-20/h8-9,11-12,15-16,18,23-24H,2-7,10,13-14,17,19H2,1H3/t23-,24-,26+/m1/s1. The van der Waals surface area contributed by atoms with Gasteiger partial charge in [0.05, 0.1) is 5.41 Å². The Balaban J connectivity index is 1.42. The van der Waals surface area contributed by atoms with Gasteiger partial charge in [-0.1, -0.05) is 87.9 Å². The molecule has 1 saturated heterocycles. The van der Waals surface area contributed by atoms with Gasteiger partial charge in [-0.3, -0.25) is 4.79 Å². The first kappa shape index (κ1) is 19.5. The number of hydrogen-bond acceptors (Lipinski definition) is 2. The summed E-state index contributed by atoms with van der Waals surface area (Å²) in [4.78, 5) is 13.0. The average Bonchev–Trinajstić information content (AvgIpc) is 3.23. The Morgan fingerprint density at radius 2 is 1.79 bits per heavy atom. The lowest BCUT2D eigenvalue weighted by molar-refractivity contribution is -0.149. The molecule has 0 radical (unpaired) electrons. The molecule has 0 N–H and O–H groups in total. The molecule has 2 aliphatic rings. The van der Waals surface area contributed by atoms with Crippen molar-refractivity contribution in [3.63, 3.8) is 0 Å². The normalized spacial score (nSPS) is 26.5. The molecule has 1 heterocycles. The third-order valence-electron chi connectivity index (χ3n) is 7.14. The van der Waals surface area contributed by atoms with Gasteiger partial charge in [-0.25, -0.2) is 0 Å². The topological polar surface area (TPSA) is 26.3 Å². The lowest BCUT2D eigenvalue weighted by Gasteiger charge is -2.26. The smallest absolute Gasteiger partial charge is 0.313 e. The molecular formula is C26H34O2. The van der Waals surface area contributed by atoms with Crippen molar-refractivity contribution in [3.05, 3.63) is 48.0 Å². The predicted molar refractivity (Wildman–Crippen MR) is 115 cm³/mol. The zero-order chi connectivity index (χ0) is 19.4. The molecule has 0 aromatic heterocycles. The van der Waals surface area contributed by atoms with E-state index in [0.29, 0.717) is 5.92 Å². The zero-order valence-electron chi connectivity index (χ0n) is 17.3. The Hall–Kier alpha value is -1.83. The molecule has 1 saturated carbocycles. The number of carbonyl (C=O) groups excluding carboxylic acids is 1. The number of hydrogen-bond donors (Lipinski definition) is 0. The molecular weight excluding hydrogens is 344 g/mol. The molecule has 2 nitrogen and oxygen atoms in total. The van der Waals surface area contributed by atoms with Gasteiger partial charge < -0.3 is 4.74 Å². The van der Waals surface area contributed by atoms with Crippen LogP contribution in [0, 0.1) is 11.3 Å². The van der Waals surface area contributed by atoms with E-state index in [9.17, 15) is 4.79 Å². The van der Waals surface area contributed by atoms with E-state index in [-0.39, 0.29) is 17.5 Å². The van der Waals surface area contributed by atoms with Crippen molar-refractivity contribution in [1.29, 1.82) is 0 Å². The molecule has 0 amide bonds. The van der Waals surface area contributed by atoms with Crippen molar-refractivity contribution in [2.75, 3.05) is 0 Å². The number of unbranched alkanes of at least 4 members (excludes halogenated alkanes) is 5. The summed E-state index contributed by atoms with van der Waals surface area (Å²) in [5.41, 5.74) is 1.01. The van der Waals surface area contributed by atoms with Gasteiger partial charge in [0, 0.05) is 5.92 Å². The lowest BCUT2D eigenvalue weighted by Crippen LogP contribution is -2.32. The van der Waals surface area contributed by atoms with Crippen molar-refractivity contribution in [1.82, 2.24) is 0 Å². The minimum atomic E-state index is -0.269. The van der Waals surface area contributed by atoms with Crippen LogP contribution < -0.4 is 0 Å². The highest BCUT2D eigenvalue weighted by atomic mass is 16.6. The van der Waals surface area contributed by atoms with E-state index in [4.69, 9.17) is 4.74 Å². The van der Waals surface area contributed by atoms with Crippen LogP contribution in [-0.2, 0) is 16.0 Å². The maximum atomic E-state index is 13.0. The zero-order valence-corrected chi connectivity index (χ0v) is 17.3. The van der Waals surface area contributed by atoms with E-state index in [0.717, 1.165) is 25.7 Å². The number of benzene rings is 2. The lowest BCUT2D eigenvalue weighted by atomic mass is 9.72. The number of carbonyl (C=O) groups is 1. The highest BCUT2D eigenvalue weighted by Crippen LogP contribution is 2.54. The second-order valence-electron chi connectivity index (χ2n) is 9.01. The number of esters is 1. The number of ether oxygens (including phenoxy) is 1. The molecule has 3 atom stereocenters. The first-order valence-electron chi connectivity index (χ1n) is 11.4. The fraction of sp³-hybridized carbons (Fsp3) is 0.577. The number of rotatable bonds is 9. The van der Waals surface area contributed by atoms with Gasteiger partial charge in [0.1, 0.15) is 6.10 Å². The predicted octanol–water partition coefficient (Wildman–Crippen LogP) is 6.84. The fourth-order valence-corrected chi connectivity index (χ4v) is 5.62. The van der Waals surface area contributed by atoms with E-state index in [1.54, 1.807) is 0 Å². The van der Waals surface area contributed by atoms with Gasteiger partial charge in [-0.15, -0.1) is 0 Å². The Morgan fingerprint density at radius 1 is 1.00 bits per heavy atom. The molecule has 0 spiro atoms. The van der Waals surface area contributed by atoms with E-state index in [1.165, 1.54) is 61.3 Å². The van der Waals surface area contributed by atoms with Crippen LogP contribution in [0.1, 0.15) is 76.7 Å². The molecule has 0 unspecified atom stereocenters. The monoisotopic (exact) mass is 378 g/mol. The third kappa shape index (κ3) is 3.83. The summed E-state index contributed by atoms with van der Waals surface area (Å²) in [7, 11) is 0.